The van der Waals surface area contributed by atoms with Gasteiger partial charge < -0.3 is 23.8 Å². The molecule has 1 heterocycles. The van der Waals surface area contributed by atoms with E-state index in [1.54, 1.807) is 29.2 Å². The van der Waals surface area contributed by atoms with Crippen LogP contribution in [0.2, 0.25) is 0 Å². The molecule has 2 aromatic rings. The smallest absolute Gasteiger partial charge is 0.343 e. The topological polar surface area (TPSA) is 74.3 Å². The number of amides is 1. The molecule has 1 unspecified atom stereocenters. The fourth-order valence-corrected chi connectivity index (χ4v) is 2.86. The fraction of sp³-hybridized carbons (Fsp3) is 0.333. The van der Waals surface area contributed by atoms with Gasteiger partial charge in [-0.15, -0.1) is 0 Å². The lowest BCUT2D eigenvalue weighted by atomic mass is 10.1. The minimum absolute atomic E-state index is 0.145. The van der Waals surface area contributed by atoms with E-state index >= 15 is 0 Å². The second-order valence-corrected chi connectivity index (χ2v) is 6.23. The van der Waals surface area contributed by atoms with Crippen molar-refractivity contribution in [3.05, 3.63) is 54.1 Å². The Morgan fingerprint density at radius 1 is 1.14 bits per heavy atom. The Labute approximate surface area is 163 Å². The van der Waals surface area contributed by atoms with Crippen LogP contribution in [0.5, 0.6) is 17.2 Å². The lowest BCUT2D eigenvalue weighted by molar-refractivity contribution is -0.142. The number of methoxy groups -OCH3 is 1. The van der Waals surface area contributed by atoms with Gasteiger partial charge in [0, 0.05) is 12.1 Å². The maximum Gasteiger partial charge on any atom is 0.343 e. The monoisotopic (exact) mass is 385 g/mol. The highest BCUT2D eigenvalue weighted by atomic mass is 16.6. The first-order chi connectivity index (χ1) is 13.6. The van der Waals surface area contributed by atoms with E-state index < -0.39 is 5.97 Å². The number of carbonyl (C=O) groups excluding carboxylic acids is 2. The molecule has 7 heteroatoms. The summed E-state index contributed by atoms with van der Waals surface area (Å²) in [6, 6.07) is 14.2. The van der Waals surface area contributed by atoms with Gasteiger partial charge in [-0.3, -0.25) is 4.79 Å². The summed E-state index contributed by atoms with van der Waals surface area (Å²) in [5.41, 5.74) is 0.473. The van der Waals surface area contributed by atoms with Gasteiger partial charge in [-0.05, 0) is 37.3 Å². The second-order valence-electron chi connectivity index (χ2n) is 6.23. The van der Waals surface area contributed by atoms with Gasteiger partial charge in [0.1, 0.15) is 12.4 Å². The second kappa shape index (κ2) is 9.12. The van der Waals surface area contributed by atoms with Crippen LogP contribution < -0.4 is 14.2 Å². The molecule has 0 fully saturated rings. The first-order valence-electron chi connectivity index (χ1n) is 9.08. The molecule has 1 atom stereocenters. The third kappa shape index (κ3) is 4.73. The highest BCUT2D eigenvalue weighted by molar-refractivity contribution is 5.94. The molecular formula is C21H23NO6. The molecule has 0 radical (unpaired) electrons. The summed E-state index contributed by atoms with van der Waals surface area (Å²) in [6.07, 6.45) is -0.252. The number of hydrogen-bond acceptors (Lipinski definition) is 6. The summed E-state index contributed by atoms with van der Waals surface area (Å²) in [7, 11) is 1.29. The van der Waals surface area contributed by atoms with Crippen molar-refractivity contribution < 1.29 is 28.5 Å². The van der Waals surface area contributed by atoms with Crippen LogP contribution in [0.15, 0.2) is 48.5 Å². The molecular weight excluding hydrogens is 362 g/mol. The Morgan fingerprint density at radius 2 is 1.93 bits per heavy atom. The molecule has 7 nitrogen and oxygen atoms in total. The zero-order chi connectivity index (χ0) is 19.9. The zero-order valence-electron chi connectivity index (χ0n) is 15.9. The molecule has 3 rings (SSSR count). The van der Waals surface area contributed by atoms with Crippen molar-refractivity contribution in [2.24, 2.45) is 0 Å². The standard InChI is InChI=1S/C21H23NO6/c1-3-22(12-17-13-27-18-9-4-5-10-19(18)28-17)21(24)15-7-6-8-16(11-15)26-14-20(23)25-2/h4-11,17H,3,12-14H2,1-2H3. The zero-order valence-corrected chi connectivity index (χ0v) is 15.9. The number of esters is 1. The Bertz CT molecular complexity index is 837. The Hall–Kier alpha value is -3.22. The van der Waals surface area contributed by atoms with Gasteiger partial charge in [0.25, 0.3) is 5.91 Å². The van der Waals surface area contributed by atoms with Crippen LogP contribution >= 0.6 is 0 Å². The van der Waals surface area contributed by atoms with E-state index in [0.717, 1.165) is 0 Å². The largest absolute Gasteiger partial charge is 0.486 e. The average molecular weight is 385 g/mol. The highest BCUT2D eigenvalue weighted by Gasteiger charge is 2.25. The minimum Gasteiger partial charge on any atom is -0.486 e. The summed E-state index contributed by atoms with van der Waals surface area (Å²) in [5.74, 6) is 1.19. The Kier molecular flexibility index (Phi) is 6.37. The number of hydrogen-bond donors (Lipinski definition) is 0. The first-order valence-corrected chi connectivity index (χ1v) is 9.08. The van der Waals surface area contributed by atoms with Gasteiger partial charge in [0.05, 0.1) is 13.7 Å². The number of ether oxygens (including phenoxy) is 4. The van der Waals surface area contributed by atoms with Crippen molar-refractivity contribution in [1.29, 1.82) is 0 Å². The molecule has 0 bridgehead atoms. The molecule has 1 amide bonds. The SMILES string of the molecule is CCN(CC1COc2ccccc2O1)C(=O)c1cccc(OCC(=O)OC)c1. The van der Waals surface area contributed by atoms with Gasteiger partial charge in [-0.1, -0.05) is 18.2 Å². The van der Waals surface area contributed by atoms with Gasteiger partial charge in [-0.25, -0.2) is 4.79 Å². The van der Waals surface area contributed by atoms with E-state index in [1.165, 1.54) is 7.11 Å². The van der Waals surface area contributed by atoms with Crippen molar-refractivity contribution >= 4 is 11.9 Å². The van der Waals surface area contributed by atoms with E-state index in [9.17, 15) is 9.59 Å². The van der Waals surface area contributed by atoms with E-state index in [2.05, 4.69) is 4.74 Å². The summed E-state index contributed by atoms with van der Waals surface area (Å²) in [5, 5.41) is 0. The molecule has 0 spiro atoms. The molecule has 0 saturated carbocycles. The molecule has 0 N–H and O–H groups in total. The number of rotatable bonds is 7. The van der Waals surface area contributed by atoms with Crippen molar-refractivity contribution in [2.75, 3.05) is 33.4 Å². The van der Waals surface area contributed by atoms with Gasteiger partial charge in [0.2, 0.25) is 0 Å². The lowest BCUT2D eigenvalue weighted by Crippen LogP contribution is -2.43. The number of fused-ring (bicyclic) bond motifs is 1. The van der Waals surface area contributed by atoms with Crippen LogP contribution in [0.3, 0.4) is 0 Å². The maximum absolute atomic E-state index is 12.9. The molecule has 2 aromatic carbocycles. The van der Waals surface area contributed by atoms with Crippen LogP contribution in [-0.2, 0) is 9.53 Å². The lowest BCUT2D eigenvalue weighted by Gasteiger charge is -2.31. The normalized spacial score (nSPS) is 14.9. The molecule has 1 aliphatic heterocycles. The summed E-state index contributed by atoms with van der Waals surface area (Å²) in [6.45, 7) is 3.00. The van der Waals surface area contributed by atoms with E-state index in [1.807, 2.05) is 31.2 Å². The van der Waals surface area contributed by atoms with Crippen LogP contribution in [0, 0.1) is 0 Å². The van der Waals surface area contributed by atoms with Gasteiger partial charge in [0.15, 0.2) is 24.2 Å². The molecule has 0 aliphatic carbocycles. The fourth-order valence-electron chi connectivity index (χ4n) is 2.86. The van der Waals surface area contributed by atoms with Crippen molar-refractivity contribution in [3.8, 4) is 17.2 Å². The number of carbonyl (C=O) groups is 2. The summed E-state index contributed by atoms with van der Waals surface area (Å²) >= 11 is 0. The van der Waals surface area contributed by atoms with E-state index in [0.29, 0.717) is 42.5 Å². The van der Waals surface area contributed by atoms with Crippen LogP contribution in [0.4, 0.5) is 0 Å². The van der Waals surface area contributed by atoms with Crippen LogP contribution in [-0.4, -0.2) is 56.3 Å². The molecule has 148 valence electrons. The predicted molar refractivity (Wildman–Crippen MR) is 102 cm³/mol. The van der Waals surface area contributed by atoms with Crippen molar-refractivity contribution in [3.63, 3.8) is 0 Å². The van der Waals surface area contributed by atoms with Crippen LogP contribution in [0.25, 0.3) is 0 Å². The molecule has 0 saturated heterocycles. The Balaban J connectivity index is 1.64. The predicted octanol–water partition coefficient (Wildman–Crippen LogP) is 2.54. The average Bonchev–Trinajstić information content (AvgIpc) is 2.75. The summed E-state index contributed by atoms with van der Waals surface area (Å²) < 4.78 is 21.6. The van der Waals surface area contributed by atoms with Crippen LogP contribution in [0.1, 0.15) is 17.3 Å². The molecule has 28 heavy (non-hydrogen) atoms. The maximum atomic E-state index is 12.9. The summed E-state index contributed by atoms with van der Waals surface area (Å²) in [4.78, 5) is 25.8. The number of nitrogens with zero attached hydrogens (tertiary/aromatic N) is 1. The highest BCUT2D eigenvalue weighted by Crippen LogP contribution is 2.31. The number of para-hydroxylation sites is 2. The quantitative estimate of drug-likeness (QED) is 0.682. The molecule has 0 aromatic heterocycles. The van der Waals surface area contributed by atoms with Crippen molar-refractivity contribution in [1.82, 2.24) is 4.90 Å². The van der Waals surface area contributed by atoms with Crippen molar-refractivity contribution in [2.45, 2.75) is 13.0 Å². The first kappa shape index (κ1) is 19.5. The Morgan fingerprint density at radius 3 is 2.68 bits per heavy atom. The van der Waals surface area contributed by atoms with E-state index in [-0.39, 0.29) is 18.6 Å². The van der Waals surface area contributed by atoms with Gasteiger partial charge in [-0.2, -0.15) is 0 Å². The third-order valence-corrected chi connectivity index (χ3v) is 4.33. The third-order valence-electron chi connectivity index (χ3n) is 4.33. The van der Waals surface area contributed by atoms with Gasteiger partial charge >= 0.3 is 5.97 Å². The number of likely N-dealkylation sites (N-methyl/N-ethyl adjacent to an activating group) is 1. The number of benzene rings is 2. The minimum atomic E-state index is -0.485. The molecule has 1 aliphatic rings. The van der Waals surface area contributed by atoms with E-state index in [4.69, 9.17) is 14.2 Å².